The van der Waals surface area contributed by atoms with E-state index in [9.17, 15) is 9.59 Å². The molecule has 0 heterocycles. The highest BCUT2D eigenvalue weighted by molar-refractivity contribution is 5.96. The van der Waals surface area contributed by atoms with Crippen molar-refractivity contribution < 1.29 is 9.59 Å². The van der Waals surface area contributed by atoms with E-state index in [-0.39, 0.29) is 11.3 Å². The topological polar surface area (TPSA) is 34.1 Å². The van der Waals surface area contributed by atoms with E-state index in [0.717, 1.165) is 30.1 Å². The quantitative estimate of drug-likeness (QED) is 0.443. The SMILES string of the molecule is CC[C@H](CC[C@@H](C)[C@H]1CC[C@H]2[C@@H]3C(=O)C=C4CC(=O)CC[C@]4(C)[C@H]3CC[C@]12C)C(C)C. The first-order valence-electron chi connectivity index (χ1n) is 13.4. The molecule has 0 aliphatic heterocycles. The van der Waals surface area contributed by atoms with Crippen molar-refractivity contribution in [2.24, 2.45) is 52.3 Å². The summed E-state index contributed by atoms with van der Waals surface area (Å²) >= 11 is 0. The van der Waals surface area contributed by atoms with Crippen molar-refractivity contribution in [1.29, 1.82) is 0 Å². The first-order valence-corrected chi connectivity index (χ1v) is 13.4. The van der Waals surface area contributed by atoms with Crippen LogP contribution in [0.3, 0.4) is 0 Å². The van der Waals surface area contributed by atoms with Crippen LogP contribution >= 0.6 is 0 Å². The van der Waals surface area contributed by atoms with E-state index in [1.165, 1.54) is 50.5 Å². The molecule has 8 atom stereocenters. The lowest BCUT2D eigenvalue weighted by Gasteiger charge is -2.57. The largest absolute Gasteiger partial charge is 0.299 e. The molecule has 4 aliphatic rings. The second-order valence-electron chi connectivity index (χ2n) is 12.6. The summed E-state index contributed by atoms with van der Waals surface area (Å²) in [6.07, 6.45) is 13.1. The number of Topliss-reactive ketones (excluding diaryl/α,β-unsaturated/α-hetero) is 1. The fourth-order valence-electron chi connectivity index (χ4n) is 8.88. The van der Waals surface area contributed by atoms with Gasteiger partial charge in [-0.1, -0.05) is 60.0 Å². The molecule has 0 unspecified atom stereocenters. The van der Waals surface area contributed by atoms with Crippen molar-refractivity contribution in [1.82, 2.24) is 0 Å². The maximum absolute atomic E-state index is 13.4. The highest BCUT2D eigenvalue weighted by Crippen LogP contribution is 2.66. The second-order valence-corrected chi connectivity index (χ2v) is 12.6. The van der Waals surface area contributed by atoms with Gasteiger partial charge in [-0.15, -0.1) is 0 Å². The van der Waals surface area contributed by atoms with Gasteiger partial charge in [-0.3, -0.25) is 9.59 Å². The van der Waals surface area contributed by atoms with Crippen LogP contribution in [-0.4, -0.2) is 11.6 Å². The number of ketones is 2. The van der Waals surface area contributed by atoms with Crippen molar-refractivity contribution in [2.75, 3.05) is 0 Å². The molecular formula is C29H46O2. The molecular weight excluding hydrogens is 380 g/mol. The molecule has 3 fully saturated rings. The Kier molecular flexibility index (Phi) is 6.34. The third-order valence-corrected chi connectivity index (χ3v) is 11.0. The molecule has 2 nitrogen and oxygen atoms in total. The molecule has 0 saturated heterocycles. The number of carbonyl (C=O) groups excluding carboxylic acids is 2. The summed E-state index contributed by atoms with van der Waals surface area (Å²) in [4.78, 5) is 25.5. The van der Waals surface area contributed by atoms with Crippen LogP contribution in [0, 0.1) is 52.3 Å². The van der Waals surface area contributed by atoms with E-state index in [2.05, 4.69) is 41.5 Å². The predicted octanol–water partition coefficient (Wildman–Crippen LogP) is 7.41. The number of allylic oxidation sites excluding steroid dienone is 2. The molecule has 0 aromatic carbocycles. The number of hydrogen-bond donors (Lipinski definition) is 0. The van der Waals surface area contributed by atoms with Crippen LogP contribution in [0.2, 0.25) is 0 Å². The van der Waals surface area contributed by atoms with Crippen LogP contribution in [0.25, 0.3) is 0 Å². The summed E-state index contributed by atoms with van der Waals surface area (Å²) in [5.41, 5.74) is 1.58. The summed E-state index contributed by atoms with van der Waals surface area (Å²) < 4.78 is 0. The van der Waals surface area contributed by atoms with Gasteiger partial charge < -0.3 is 0 Å². The average molecular weight is 427 g/mol. The Balaban J connectivity index is 1.53. The van der Waals surface area contributed by atoms with Crippen molar-refractivity contribution >= 4 is 11.6 Å². The van der Waals surface area contributed by atoms with Gasteiger partial charge in [0.2, 0.25) is 0 Å². The fourth-order valence-corrected chi connectivity index (χ4v) is 8.88. The molecule has 2 heteroatoms. The van der Waals surface area contributed by atoms with Crippen LogP contribution in [0.4, 0.5) is 0 Å². The summed E-state index contributed by atoms with van der Waals surface area (Å²) in [6.45, 7) is 14.5. The molecule has 0 spiro atoms. The van der Waals surface area contributed by atoms with Crippen LogP contribution in [-0.2, 0) is 9.59 Å². The molecule has 0 aromatic heterocycles. The van der Waals surface area contributed by atoms with Crippen molar-refractivity contribution in [3.8, 4) is 0 Å². The zero-order chi connectivity index (χ0) is 22.6. The third kappa shape index (κ3) is 3.78. The van der Waals surface area contributed by atoms with Crippen LogP contribution in [0.15, 0.2) is 11.6 Å². The summed E-state index contributed by atoms with van der Waals surface area (Å²) in [5, 5.41) is 0. The van der Waals surface area contributed by atoms with Crippen LogP contribution in [0.1, 0.15) is 106 Å². The lowest BCUT2D eigenvalue weighted by Crippen LogP contribution is -2.53. The first-order chi connectivity index (χ1) is 14.6. The van der Waals surface area contributed by atoms with Crippen molar-refractivity contribution in [3.63, 3.8) is 0 Å². The fraction of sp³-hybridized carbons (Fsp3) is 0.862. The number of carbonyl (C=O) groups is 2. The maximum atomic E-state index is 13.4. The van der Waals surface area contributed by atoms with E-state index >= 15 is 0 Å². The van der Waals surface area contributed by atoms with E-state index < -0.39 is 0 Å². The van der Waals surface area contributed by atoms with Gasteiger partial charge in [-0.05, 0) is 90.9 Å². The van der Waals surface area contributed by atoms with Gasteiger partial charge >= 0.3 is 0 Å². The van der Waals surface area contributed by atoms with Gasteiger partial charge in [0, 0.05) is 18.8 Å². The predicted molar refractivity (Wildman–Crippen MR) is 128 cm³/mol. The molecule has 3 saturated carbocycles. The smallest absolute Gasteiger partial charge is 0.159 e. The van der Waals surface area contributed by atoms with Crippen LogP contribution < -0.4 is 0 Å². The Morgan fingerprint density at radius 2 is 1.74 bits per heavy atom. The number of rotatable bonds is 6. The van der Waals surface area contributed by atoms with Gasteiger partial charge in [0.05, 0.1) is 0 Å². The normalized spacial score (nSPS) is 42.0. The van der Waals surface area contributed by atoms with E-state index in [0.29, 0.717) is 41.7 Å². The van der Waals surface area contributed by atoms with Gasteiger partial charge in [0.25, 0.3) is 0 Å². The summed E-state index contributed by atoms with van der Waals surface area (Å²) in [7, 11) is 0. The Bertz CT molecular complexity index is 748. The Labute approximate surface area is 191 Å². The molecule has 31 heavy (non-hydrogen) atoms. The summed E-state index contributed by atoms with van der Waals surface area (Å²) in [6, 6.07) is 0. The Morgan fingerprint density at radius 3 is 2.42 bits per heavy atom. The van der Waals surface area contributed by atoms with Gasteiger partial charge in [0.1, 0.15) is 5.78 Å². The van der Waals surface area contributed by atoms with Crippen molar-refractivity contribution in [2.45, 2.75) is 106 Å². The molecule has 0 aromatic rings. The Hall–Kier alpha value is -0.920. The molecule has 4 aliphatic carbocycles. The van der Waals surface area contributed by atoms with Gasteiger partial charge in [0.15, 0.2) is 5.78 Å². The lowest BCUT2D eigenvalue weighted by atomic mass is 9.46. The Morgan fingerprint density at radius 1 is 1.00 bits per heavy atom. The molecule has 4 rings (SSSR count). The standard InChI is InChI=1S/C29H46O2/c1-7-20(18(2)3)9-8-19(4)23-10-11-24-27-25(13-15-29(23,24)6)28(5)14-12-22(30)16-21(28)17-26(27)31/h17-20,23-25,27H,7-16H2,1-6H3/t19-,20-,23-,24+,25+,27+,28+,29-/m1/s1. The maximum Gasteiger partial charge on any atom is 0.159 e. The molecule has 174 valence electrons. The van der Waals surface area contributed by atoms with Gasteiger partial charge in [-0.25, -0.2) is 0 Å². The van der Waals surface area contributed by atoms with Crippen LogP contribution in [0.5, 0.6) is 0 Å². The van der Waals surface area contributed by atoms with Gasteiger partial charge in [-0.2, -0.15) is 0 Å². The molecule has 0 amide bonds. The average Bonchev–Trinajstić information content (AvgIpc) is 3.06. The van der Waals surface area contributed by atoms with E-state index in [1.807, 2.05) is 6.08 Å². The number of hydrogen-bond acceptors (Lipinski definition) is 2. The highest BCUT2D eigenvalue weighted by Gasteiger charge is 2.61. The zero-order valence-corrected chi connectivity index (χ0v) is 21.0. The molecule has 0 radical (unpaired) electrons. The first kappa shape index (κ1) is 23.2. The lowest BCUT2D eigenvalue weighted by molar-refractivity contribution is -0.135. The van der Waals surface area contributed by atoms with E-state index in [1.54, 1.807) is 0 Å². The van der Waals surface area contributed by atoms with Crippen molar-refractivity contribution in [3.05, 3.63) is 11.6 Å². The minimum atomic E-state index is 0.0864. The zero-order valence-electron chi connectivity index (χ0n) is 21.0. The minimum Gasteiger partial charge on any atom is -0.299 e. The van der Waals surface area contributed by atoms with E-state index in [4.69, 9.17) is 0 Å². The summed E-state index contributed by atoms with van der Waals surface area (Å²) in [5.74, 6) is 5.06. The highest BCUT2D eigenvalue weighted by atomic mass is 16.1. The molecule has 0 bridgehead atoms. The number of fused-ring (bicyclic) bond motifs is 5. The minimum absolute atomic E-state index is 0.0864. The molecule has 0 N–H and O–H groups in total. The second kappa shape index (κ2) is 8.45. The monoisotopic (exact) mass is 426 g/mol. The third-order valence-electron chi connectivity index (χ3n) is 11.0.